The number of Topliss-reactive ketones (excluding diaryl/α,β-unsaturated/α-hetero) is 1. The molecule has 3 fully saturated rings. The van der Waals surface area contributed by atoms with Crippen LogP contribution in [-0.4, -0.2) is 5.78 Å². The van der Waals surface area contributed by atoms with E-state index in [1.165, 1.54) is 38.5 Å². The summed E-state index contributed by atoms with van der Waals surface area (Å²) in [6.45, 7) is 7.51. The van der Waals surface area contributed by atoms with Gasteiger partial charge in [-0.3, -0.25) is 4.79 Å². The van der Waals surface area contributed by atoms with Crippen LogP contribution in [0.2, 0.25) is 0 Å². The highest BCUT2D eigenvalue weighted by Gasteiger charge is 2.57. The maximum Gasteiger partial charge on any atom is 0.133 e. The zero-order chi connectivity index (χ0) is 15.5. The van der Waals surface area contributed by atoms with Crippen LogP contribution >= 0.6 is 0 Å². The first kappa shape index (κ1) is 15.0. The molecule has 22 heavy (non-hydrogen) atoms. The standard InChI is InChI=1S/C21H32O/c1-4-14-6-8-18-17-7-5-15-13-16(22)9-11-21(15,3)19(17)10-12-20(14,18)2/h7,14-15,18-19H,4-6,8-13H2,1-3H3/t14-,15?,18?,19?,20+,21-/m0/s1. The molecule has 0 saturated heterocycles. The molecule has 0 bridgehead atoms. The first-order valence-electron chi connectivity index (χ1n) is 9.70. The largest absolute Gasteiger partial charge is 0.300 e. The van der Waals surface area contributed by atoms with Crippen LogP contribution in [0.4, 0.5) is 0 Å². The fraction of sp³-hybridized carbons (Fsp3) is 0.857. The number of hydrogen-bond acceptors (Lipinski definition) is 1. The maximum absolute atomic E-state index is 11.9. The molecule has 0 N–H and O–H groups in total. The van der Waals surface area contributed by atoms with E-state index in [-0.39, 0.29) is 0 Å². The van der Waals surface area contributed by atoms with Gasteiger partial charge in [-0.2, -0.15) is 0 Å². The molecule has 4 aliphatic rings. The van der Waals surface area contributed by atoms with Crippen LogP contribution < -0.4 is 0 Å². The number of carbonyl (C=O) groups is 1. The van der Waals surface area contributed by atoms with Crippen LogP contribution in [0.15, 0.2) is 11.6 Å². The molecule has 4 rings (SSSR count). The average Bonchev–Trinajstić information content (AvgIpc) is 2.84. The van der Waals surface area contributed by atoms with Gasteiger partial charge in [0.25, 0.3) is 0 Å². The van der Waals surface area contributed by atoms with Crippen LogP contribution in [0.5, 0.6) is 0 Å². The second-order valence-electron chi connectivity index (χ2n) is 9.22. The molecule has 0 aliphatic heterocycles. The van der Waals surface area contributed by atoms with E-state index < -0.39 is 0 Å². The molecular formula is C21H32O. The van der Waals surface area contributed by atoms with Gasteiger partial charge in [-0.05, 0) is 73.0 Å². The van der Waals surface area contributed by atoms with E-state index in [0.29, 0.717) is 22.5 Å². The Morgan fingerprint density at radius 1 is 1.09 bits per heavy atom. The van der Waals surface area contributed by atoms with E-state index in [2.05, 4.69) is 26.8 Å². The Morgan fingerprint density at radius 2 is 1.86 bits per heavy atom. The Morgan fingerprint density at radius 3 is 2.64 bits per heavy atom. The van der Waals surface area contributed by atoms with Gasteiger partial charge >= 0.3 is 0 Å². The minimum absolute atomic E-state index is 0.420. The van der Waals surface area contributed by atoms with Crippen molar-refractivity contribution < 1.29 is 4.79 Å². The lowest BCUT2D eigenvalue weighted by Gasteiger charge is -2.56. The number of ketones is 1. The number of fused-ring (bicyclic) bond motifs is 5. The van der Waals surface area contributed by atoms with Crippen molar-refractivity contribution in [1.82, 2.24) is 0 Å². The molecule has 0 heterocycles. The van der Waals surface area contributed by atoms with E-state index in [4.69, 9.17) is 0 Å². The summed E-state index contributed by atoms with van der Waals surface area (Å²) in [7, 11) is 0. The molecule has 6 atom stereocenters. The molecule has 0 amide bonds. The SMILES string of the molecule is CC[C@H]1CCC2C3=CCC4CC(=O)CC[C@]4(C)C3CC[C@@]21C. The van der Waals surface area contributed by atoms with Crippen LogP contribution in [-0.2, 0) is 4.79 Å². The quantitative estimate of drug-likeness (QED) is 0.581. The molecule has 0 aromatic carbocycles. The molecule has 3 saturated carbocycles. The van der Waals surface area contributed by atoms with Gasteiger partial charge in [0.05, 0.1) is 0 Å². The zero-order valence-corrected chi connectivity index (χ0v) is 14.7. The highest BCUT2D eigenvalue weighted by molar-refractivity contribution is 5.79. The van der Waals surface area contributed by atoms with Crippen molar-refractivity contribution in [2.75, 3.05) is 0 Å². The Hall–Kier alpha value is -0.590. The Kier molecular flexibility index (Phi) is 3.37. The molecule has 3 unspecified atom stereocenters. The Balaban J connectivity index is 1.68. The molecule has 1 nitrogen and oxygen atoms in total. The van der Waals surface area contributed by atoms with Gasteiger partial charge < -0.3 is 0 Å². The predicted molar refractivity (Wildman–Crippen MR) is 90.5 cm³/mol. The van der Waals surface area contributed by atoms with E-state index >= 15 is 0 Å². The third kappa shape index (κ3) is 1.86. The number of rotatable bonds is 1. The summed E-state index contributed by atoms with van der Waals surface area (Å²) in [5, 5.41) is 0. The minimum atomic E-state index is 0.420. The Bertz CT molecular complexity index is 518. The summed E-state index contributed by atoms with van der Waals surface area (Å²) < 4.78 is 0. The monoisotopic (exact) mass is 300 g/mol. The summed E-state index contributed by atoms with van der Waals surface area (Å²) in [4.78, 5) is 11.9. The fourth-order valence-corrected chi connectivity index (χ4v) is 7.08. The fourth-order valence-electron chi connectivity index (χ4n) is 7.08. The number of allylic oxidation sites excluding steroid dienone is 2. The second kappa shape index (κ2) is 4.95. The minimum Gasteiger partial charge on any atom is -0.300 e. The molecule has 1 heteroatoms. The normalized spacial score (nSPS) is 50.9. The molecule has 0 spiro atoms. The second-order valence-corrected chi connectivity index (χ2v) is 9.22. The third-order valence-electron chi connectivity index (χ3n) is 8.59. The van der Waals surface area contributed by atoms with Gasteiger partial charge in [-0.15, -0.1) is 0 Å². The zero-order valence-electron chi connectivity index (χ0n) is 14.7. The van der Waals surface area contributed by atoms with E-state index in [1.54, 1.807) is 0 Å². The summed E-state index contributed by atoms with van der Waals surface area (Å²) in [5.74, 6) is 3.74. The third-order valence-corrected chi connectivity index (χ3v) is 8.59. The van der Waals surface area contributed by atoms with Gasteiger partial charge in [0, 0.05) is 12.8 Å². The summed E-state index contributed by atoms with van der Waals surface area (Å²) in [5.41, 5.74) is 2.83. The van der Waals surface area contributed by atoms with Crippen LogP contribution in [0.1, 0.15) is 78.6 Å². The highest BCUT2D eigenvalue weighted by atomic mass is 16.1. The van der Waals surface area contributed by atoms with Crippen molar-refractivity contribution >= 4 is 5.78 Å². The van der Waals surface area contributed by atoms with Crippen molar-refractivity contribution in [3.8, 4) is 0 Å². The average molecular weight is 300 g/mol. The first-order valence-corrected chi connectivity index (χ1v) is 9.70. The maximum atomic E-state index is 11.9. The van der Waals surface area contributed by atoms with Crippen molar-refractivity contribution in [3.05, 3.63) is 11.6 Å². The highest BCUT2D eigenvalue weighted by Crippen LogP contribution is 2.65. The molecule has 0 radical (unpaired) electrons. The molecule has 0 aromatic heterocycles. The van der Waals surface area contributed by atoms with Crippen molar-refractivity contribution in [2.24, 2.45) is 34.5 Å². The first-order chi connectivity index (χ1) is 10.5. The molecule has 122 valence electrons. The lowest BCUT2D eigenvalue weighted by molar-refractivity contribution is -0.127. The predicted octanol–water partition coefficient (Wildman–Crippen LogP) is 5.54. The smallest absolute Gasteiger partial charge is 0.133 e. The van der Waals surface area contributed by atoms with Crippen molar-refractivity contribution in [3.63, 3.8) is 0 Å². The van der Waals surface area contributed by atoms with Gasteiger partial charge in [-0.25, -0.2) is 0 Å². The van der Waals surface area contributed by atoms with Gasteiger partial charge in [0.15, 0.2) is 0 Å². The van der Waals surface area contributed by atoms with Crippen molar-refractivity contribution in [1.29, 1.82) is 0 Å². The molecule has 0 aromatic rings. The van der Waals surface area contributed by atoms with Gasteiger partial charge in [0.2, 0.25) is 0 Å². The van der Waals surface area contributed by atoms with Crippen LogP contribution in [0.3, 0.4) is 0 Å². The van der Waals surface area contributed by atoms with Gasteiger partial charge in [-0.1, -0.05) is 38.8 Å². The molecular weight excluding hydrogens is 268 g/mol. The van der Waals surface area contributed by atoms with Crippen LogP contribution in [0, 0.1) is 34.5 Å². The number of hydrogen-bond donors (Lipinski definition) is 0. The van der Waals surface area contributed by atoms with E-state index in [9.17, 15) is 4.79 Å². The van der Waals surface area contributed by atoms with Gasteiger partial charge in [0.1, 0.15) is 5.78 Å². The van der Waals surface area contributed by atoms with E-state index in [1.807, 2.05) is 5.57 Å². The Labute approximate surface area is 135 Å². The van der Waals surface area contributed by atoms with Crippen molar-refractivity contribution in [2.45, 2.75) is 78.6 Å². The molecule has 4 aliphatic carbocycles. The number of carbonyl (C=O) groups excluding carboxylic acids is 1. The summed E-state index contributed by atoms with van der Waals surface area (Å²) in [6, 6.07) is 0. The topological polar surface area (TPSA) is 17.1 Å². The van der Waals surface area contributed by atoms with E-state index in [0.717, 1.165) is 37.0 Å². The summed E-state index contributed by atoms with van der Waals surface area (Å²) in [6.07, 6.45) is 13.7. The lowest BCUT2D eigenvalue weighted by Crippen LogP contribution is -2.49. The van der Waals surface area contributed by atoms with Crippen LogP contribution in [0.25, 0.3) is 0 Å². The lowest BCUT2D eigenvalue weighted by atomic mass is 9.48. The summed E-state index contributed by atoms with van der Waals surface area (Å²) >= 11 is 0.